The Balaban J connectivity index is 1.68. The molecule has 3 aromatic rings. The van der Waals surface area contributed by atoms with Crippen molar-refractivity contribution in [3.63, 3.8) is 0 Å². The average Bonchev–Trinajstić information content (AvgIpc) is 2.78. The normalized spacial score (nSPS) is 10.4. The first-order chi connectivity index (χ1) is 14.2. The van der Waals surface area contributed by atoms with Crippen LogP contribution in [0.5, 0.6) is 5.75 Å². The van der Waals surface area contributed by atoms with Gasteiger partial charge in [-0.1, -0.05) is 50.2 Å². The largest absolute Gasteiger partial charge is 0.496 e. The minimum Gasteiger partial charge on any atom is -0.496 e. The molecule has 0 fully saturated rings. The Morgan fingerprint density at radius 2 is 1.55 bits per heavy atom. The summed E-state index contributed by atoms with van der Waals surface area (Å²) in [5.74, 6) is 1.05. The van der Waals surface area contributed by atoms with Gasteiger partial charge in [0, 0.05) is 30.2 Å². The van der Waals surface area contributed by atoms with Crippen molar-refractivity contribution < 1.29 is 9.53 Å². The van der Waals surface area contributed by atoms with E-state index in [0.29, 0.717) is 18.1 Å². The fourth-order valence-corrected chi connectivity index (χ4v) is 3.15. The summed E-state index contributed by atoms with van der Waals surface area (Å²) in [5.41, 5.74) is 4.55. The third-order valence-electron chi connectivity index (χ3n) is 4.78. The molecule has 0 unspecified atom stereocenters. The van der Waals surface area contributed by atoms with Gasteiger partial charge in [-0.05, 0) is 30.0 Å². The van der Waals surface area contributed by atoms with Crippen molar-refractivity contribution in [3.05, 3.63) is 77.1 Å². The highest BCUT2D eigenvalue weighted by molar-refractivity contribution is 6.04. The standard InChI is InChI=1S/C23H26N4O2/c1-4-16-10-8-11-17(5-2)21(16)27-22(28)19-14-25-23(26-15-19)24-13-18-9-6-7-12-20(18)29-3/h6-12,14-15H,4-5,13H2,1-3H3,(H,27,28)(H,24,25,26). The van der Waals surface area contributed by atoms with Crippen molar-refractivity contribution in [2.45, 2.75) is 33.2 Å². The van der Waals surface area contributed by atoms with Crippen LogP contribution in [0.25, 0.3) is 0 Å². The first-order valence-electron chi connectivity index (χ1n) is 9.76. The molecule has 0 radical (unpaired) electrons. The van der Waals surface area contributed by atoms with Crippen molar-refractivity contribution in [2.75, 3.05) is 17.7 Å². The van der Waals surface area contributed by atoms with Crippen LogP contribution in [-0.2, 0) is 19.4 Å². The zero-order valence-electron chi connectivity index (χ0n) is 17.0. The van der Waals surface area contributed by atoms with Crippen LogP contribution in [0.15, 0.2) is 54.9 Å². The Labute approximate surface area is 171 Å². The predicted molar refractivity (Wildman–Crippen MR) is 116 cm³/mol. The van der Waals surface area contributed by atoms with Crippen molar-refractivity contribution in [3.8, 4) is 5.75 Å². The molecule has 2 aromatic carbocycles. The van der Waals surface area contributed by atoms with Gasteiger partial charge in [0.2, 0.25) is 5.95 Å². The number of aryl methyl sites for hydroxylation is 2. The Morgan fingerprint density at radius 3 is 2.17 bits per heavy atom. The number of methoxy groups -OCH3 is 1. The van der Waals surface area contributed by atoms with E-state index < -0.39 is 0 Å². The molecule has 6 nitrogen and oxygen atoms in total. The van der Waals surface area contributed by atoms with E-state index >= 15 is 0 Å². The summed E-state index contributed by atoms with van der Waals surface area (Å²) in [7, 11) is 1.64. The van der Waals surface area contributed by atoms with Gasteiger partial charge in [0.1, 0.15) is 5.75 Å². The molecule has 1 amide bonds. The second-order valence-corrected chi connectivity index (χ2v) is 6.57. The number of anilines is 2. The van der Waals surface area contributed by atoms with E-state index in [9.17, 15) is 4.79 Å². The van der Waals surface area contributed by atoms with Gasteiger partial charge >= 0.3 is 0 Å². The Kier molecular flexibility index (Phi) is 6.79. The number of carbonyl (C=O) groups is 1. The number of amides is 1. The summed E-state index contributed by atoms with van der Waals surface area (Å²) >= 11 is 0. The number of hydrogen-bond donors (Lipinski definition) is 2. The van der Waals surface area contributed by atoms with Crippen LogP contribution < -0.4 is 15.4 Å². The van der Waals surface area contributed by atoms with Crippen LogP contribution in [0.1, 0.15) is 40.9 Å². The molecule has 2 N–H and O–H groups in total. The van der Waals surface area contributed by atoms with Gasteiger partial charge in [0.15, 0.2) is 0 Å². The maximum absolute atomic E-state index is 12.7. The zero-order chi connectivity index (χ0) is 20.6. The summed E-state index contributed by atoms with van der Waals surface area (Å²) in [5, 5.41) is 6.19. The molecule has 6 heteroatoms. The Hall–Kier alpha value is -3.41. The SMILES string of the molecule is CCc1cccc(CC)c1NC(=O)c1cnc(NCc2ccccc2OC)nc1. The van der Waals surface area contributed by atoms with Gasteiger partial charge in [-0.15, -0.1) is 0 Å². The minimum atomic E-state index is -0.211. The van der Waals surface area contributed by atoms with Crippen molar-refractivity contribution in [1.82, 2.24) is 9.97 Å². The van der Waals surface area contributed by atoms with Gasteiger partial charge in [0.05, 0.1) is 12.7 Å². The zero-order valence-corrected chi connectivity index (χ0v) is 17.0. The van der Waals surface area contributed by atoms with Gasteiger partial charge in [-0.2, -0.15) is 0 Å². The van der Waals surface area contributed by atoms with E-state index in [4.69, 9.17) is 4.74 Å². The number of para-hydroxylation sites is 2. The van der Waals surface area contributed by atoms with E-state index in [2.05, 4.69) is 34.4 Å². The molecule has 3 rings (SSSR count). The summed E-state index contributed by atoms with van der Waals surface area (Å²) < 4.78 is 5.34. The molecule has 0 aliphatic rings. The fourth-order valence-electron chi connectivity index (χ4n) is 3.15. The molecule has 1 heterocycles. The van der Waals surface area contributed by atoms with Gasteiger partial charge in [-0.3, -0.25) is 4.79 Å². The molecule has 0 saturated heterocycles. The predicted octanol–water partition coefficient (Wildman–Crippen LogP) is 4.47. The van der Waals surface area contributed by atoms with Crippen LogP contribution in [0.3, 0.4) is 0 Å². The van der Waals surface area contributed by atoms with Gasteiger partial charge < -0.3 is 15.4 Å². The fraction of sp³-hybridized carbons (Fsp3) is 0.261. The molecule has 0 atom stereocenters. The lowest BCUT2D eigenvalue weighted by molar-refractivity contribution is 0.102. The minimum absolute atomic E-state index is 0.211. The van der Waals surface area contributed by atoms with Crippen LogP contribution in [-0.4, -0.2) is 23.0 Å². The first kappa shape index (κ1) is 20.3. The van der Waals surface area contributed by atoms with E-state index in [1.54, 1.807) is 7.11 Å². The van der Waals surface area contributed by atoms with Gasteiger partial charge in [0.25, 0.3) is 5.91 Å². The lowest BCUT2D eigenvalue weighted by atomic mass is 10.0. The molecule has 0 bridgehead atoms. The second-order valence-electron chi connectivity index (χ2n) is 6.57. The molecule has 0 aliphatic heterocycles. The lowest BCUT2D eigenvalue weighted by Crippen LogP contribution is -2.16. The number of nitrogens with zero attached hydrogens (tertiary/aromatic N) is 2. The molecule has 0 spiro atoms. The number of rotatable bonds is 8. The number of hydrogen-bond acceptors (Lipinski definition) is 5. The first-order valence-corrected chi connectivity index (χ1v) is 9.76. The van der Waals surface area contributed by atoms with Crippen LogP contribution in [0, 0.1) is 0 Å². The van der Waals surface area contributed by atoms with Crippen molar-refractivity contribution >= 4 is 17.5 Å². The lowest BCUT2D eigenvalue weighted by Gasteiger charge is -2.14. The third kappa shape index (κ3) is 4.90. The van der Waals surface area contributed by atoms with E-state index in [-0.39, 0.29) is 5.91 Å². The number of carbonyl (C=O) groups excluding carboxylic acids is 1. The number of nitrogens with one attached hydrogen (secondary N) is 2. The molecular formula is C23H26N4O2. The Bertz CT molecular complexity index is 949. The monoisotopic (exact) mass is 390 g/mol. The molecule has 0 aliphatic carbocycles. The number of aromatic nitrogens is 2. The second kappa shape index (κ2) is 9.68. The van der Waals surface area contributed by atoms with Crippen LogP contribution in [0.2, 0.25) is 0 Å². The maximum Gasteiger partial charge on any atom is 0.258 e. The molecule has 1 aromatic heterocycles. The topological polar surface area (TPSA) is 76.1 Å². The Morgan fingerprint density at radius 1 is 0.931 bits per heavy atom. The molecule has 0 saturated carbocycles. The van der Waals surface area contributed by atoms with E-state index in [0.717, 1.165) is 41.0 Å². The summed E-state index contributed by atoms with van der Waals surface area (Å²) in [4.78, 5) is 21.2. The summed E-state index contributed by atoms with van der Waals surface area (Å²) in [6, 6.07) is 13.9. The highest BCUT2D eigenvalue weighted by Crippen LogP contribution is 2.23. The van der Waals surface area contributed by atoms with Crippen LogP contribution >= 0.6 is 0 Å². The quantitative estimate of drug-likeness (QED) is 0.593. The average molecular weight is 390 g/mol. The molecule has 150 valence electrons. The van der Waals surface area contributed by atoms with Crippen molar-refractivity contribution in [2.24, 2.45) is 0 Å². The highest BCUT2D eigenvalue weighted by atomic mass is 16.5. The van der Waals surface area contributed by atoms with E-state index in [1.807, 2.05) is 42.5 Å². The van der Waals surface area contributed by atoms with Gasteiger partial charge in [-0.25, -0.2) is 9.97 Å². The molecule has 29 heavy (non-hydrogen) atoms. The summed E-state index contributed by atoms with van der Waals surface area (Å²) in [6.45, 7) is 4.69. The van der Waals surface area contributed by atoms with E-state index in [1.165, 1.54) is 12.4 Å². The highest BCUT2D eigenvalue weighted by Gasteiger charge is 2.13. The summed E-state index contributed by atoms with van der Waals surface area (Å²) in [6.07, 6.45) is 4.78. The van der Waals surface area contributed by atoms with Crippen molar-refractivity contribution in [1.29, 1.82) is 0 Å². The maximum atomic E-state index is 12.7. The number of benzene rings is 2. The van der Waals surface area contributed by atoms with Crippen LogP contribution in [0.4, 0.5) is 11.6 Å². The smallest absolute Gasteiger partial charge is 0.258 e. The molecular weight excluding hydrogens is 364 g/mol. The number of ether oxygens (including phenoxy) is 1. The third-order valence-corrected chi connectivity index (χ3v) is 4.78.